The van der Waals surface area contributed by atoms with Crippen LogP contribution in [0.1, 0.15) is 12.2 Å². The third kappa shape index (κ3) is 9.39. The molecule has 1 aromatic heterocycles. The molecule has 0 amide bonds. The Morgan fingerprint density at radius 1 is 1.53 bits per heavy atom. The van der Waals surface area contributed by atoms with E-state index in [2.05, 4.69) is 4.98 Å². The fourth-order valence-corrected chi connectivity index (χ4v) is 0.875. The summed E-state index contributed by atoms with van der Waals surface area (Å²) in [5.41, 5.74) is 0. The van der Waals surface area contributed by atoms with Crippen LogP contribution in [0.3, 0.4) is 0 Å². The summed E-state index contributed by atoms with van der Waals surface area (Å²) in [7, 11) is -1.71. The average Bonchev–Trinajstić information content (AvgIpc) is 2.45. The van der Waals surface area contributed by atoms with Crippen LogP contribution < -0.4 is 0 Å². The molecule has 6 nitrogen and oxygen atoms in total. The predicted molar refractivity (Wildman–Crippen MR) is 56.1 cm³/mol. The second-order valence-corrected chi connectivity index (χ2v) is 4.48. The fourth-order valence-electron chi connectivity index (χ4n) is 0.875. The number of aromatic nitrogens is 2. The van der Waals surface area contributed by atoms with Gasteiger partial charge in [0.1, 0.15) is 5.82 Å². The molecule has 88 valence electrons. The number of rotatable bonds is 3. The molecule has 0 unspecified atom stereocenters. The van der Waals surface area contributed by atoms with Crippen molar-refractivity contribution in [2.24, 2.45) is 7.05 Å². The highest BCUT2D eigenvalue weighted by molar-refractivity contribution is 7.85. The molecule has 7 heteroatoms. The molecular formula is C8H16N2O4S. The van der Waals surface area contributed by atoms with E-state index < -0.39 is 10.1 Å². The maximum atomic E-state index is 9.19. The fraction of sp³-hybridized carbons (Fsp3) is 0.625. The third-order valence-electron chi connectivity index (χ3n) is 1.48. The van der Waals surface area contributed by atoms with E-state index >= 15 is 0 Å². The van der Waals surface area contributed by atoms with Crippen molar-refractivity contribution in [2.75, 3.05) is 12.9 Å². The smallest absolute Gasteiger partial charge is 0.261 e. The lowest BCUT2D eigenvalue weighted by Gasteiger charge is -1.97. The average molecular weight is 236 g/mol. The summed E-state index contributed by atoms with van der Waals surface area (Å²) in [4.78, 5) is 4.11. The zero-order valence-electron chi connectivity index (χ0n) is 8.79. The van der Waals surface area contributed by atoms with E-state index in [0.717, 1.165) is 18.7 Å². The molecule has 1 heterocycles. The molecule has 0 saturated carbocycles. The van der Waals surface area contributed by atoms with Gasteiger partial charge in [-0.25, -0.2) is 4.98 Å². The first kappa shape index (κ1) is 14.1. The Hall–Kier alpha value is -0.920. The maximum absolute atomic E-state index is 9.19. The van der Waals surface area contributed by atoms with Crippen molar-refractivity contribution in [1.29, 1.82) is 0 Å². The Morgan fingerprint density at radius 3 is 2.40 bits per heavy atom. The molecule has 0 aliphatic carbocycles. The number of hydrogen-bond donors (Lipinski definition) is 2. The highest BCUT2D eigenvalue weighted by atomic mass is 32.2. The van der Waals surface area contributed by atoms with Crippen molar-refractivity contribution < 1.29 is 18.1 Å². The van der Waals surface area contributed by atoms with Crippen molar-refractivity contribution in [1.82, 2.24) is 9.55 Å². The minimum atomic E-state index is -3.67. The van der Waals surface area contributed by atoms with E-state index in [9.17, 15) is 8.42 Å². The lowest BCUT2D eigenvalue weighted by atomic mass is 10.3. The lowest BCUT2D eigenvalue weighted by molar-refractivity contribution is 0.287. The van der Waals surface area contributed by atoms with Crippen molar-refractivity contribution >= 4 is 10.1 Å². The first-order valence-electron chi connectivity index (χ1n) is 4.34. The zero-order chi connectivity index (χ0) is 11.9. The molecule has 2 N–H and O–H groups in total. The van der Waals surface area contributed by atoms with Crippen molar-refractivity contribution in [2.45, 2.75) is 12.8 Å². The molecule has 0 bridgehead atoms. The zero-order valence-corrected chi connectivity index (χ0v) is 9.61. The minimum absolute atomic E-state index is 0.243. The molecule has 15 heavy (non-hydrogen) atoms. The Balaban J connectivity index is 0.000000336. The Labute approximate surface area is 89.3 Å². The van der Waals surface area contributed by atoms with Gasteiger partial charge in [-0.3, -0.25) is 4.55 Å². The maximum Gasteiger partial charge on any atom is 0.261 e. The van der Waals surface area contributed by atoms with Crippen LogP contribution in [0.25, 0.3) is 0 Å². The molecule has 0 aliphatic rings. The van der Waals surface area contributed by atoms with Gasteiger partial charge in [0.15, 0.2) is 0 Å². The second kappa shape index (κ2) is 6.54. The number of hydrogen-bond acceptors (Lipinski definition) is 4. The summed E-state index contributed by atoms with van der Waals surface area (Å²) in [5.74, 6) is 1.04. The summed E-state index contributed by atoms with van der Waals surface area (Å²) >= 11 is 0. The molecule has 0 spiro atoms. The SMILES string of the molecule is CS(=O)(=O)O.Cn1ccnc1CCCO. The summed E-state index contributed by atoms with van der Waals surface area (Å²) in [5, 5.41) is 8.52. The molecule has 1 rings (SSSR count). The molecule has 0 radical (unpaired) electrons. The van der Waals surface area contributed by atoms with Crippen LogP contribution in [0.5, 0.6) is 0 Å². The van der Waals surface area contributed by atoms with Gasteiger partial charge in [0.2, 0.25) is 0 Å². The van der Waals surface area contributed by atoms with Crippen LogP contribution in [0.2, 0.25) is 0 Å². The topological polar surface area (TPSA) is 92.4 Å². The summed E-state index contributed by atoms with van der Waals surface area (Å²) in [6.45, 7) is 0.243. The number of aliphatic hydroxyl groups excluding tert-OH is 1. The molecule has 0 fully saturated rings. The molecule has 0 atom stereocenters. The van der Waals surface area contributed by atoms with Gasteiger partial charge in [0.25, 0.3) is 10.1 Å². The standard InChI is InChI=1S/C7H12N2O.CH4O3S/c1-9-5-4-8-7(9)3-2-6-10;1-5(2,3)4/h4-5,10H,2-3,6H2,1H3;1H3,(H,2,3,4). The van der Waals surface area contributed by atoms with Gasteiger partial charge >= 0.3 is 0 Å². The van der Waals surface area contributed by atoms with Crippen LogP contribution in [-0.2, 0) is 23.6 Å². The highest BCUT2D eigenvalue weighted by Crippen LogP contribution is 1.97. The van der Waals surface area contributed by atoms with Gasteiger partial charge in [-0.2, -0.15) is 8.42 Å². The normalized spacial score (nSPS) is 10.7. The Morgan fingerprint density at radius 2 is 2.07 bits per heavy atom. The number of aliphatic hydroxyl groups is 1. The van der Waals surface area contributed by atoms with E-state index in [0.29, 0.717) is 6.26 Å². The first-order chi connectivity index (χ1) is 6.84. The van der Waals surface area contributed by atoms with Gasteiger partial charge in [0.05, 0.1) is 6.26 Å². The molecular weight excluding hydrogens is 220 g/mol. The van der Waals surface area contributed by atoms with Crippen molar-refractivity contribution in [3.05, 3.63) is 18.2 Å². The van der Waals surface area contributed by atoms with Crippen LogP contribution in [-0.4, -0.2) is 40.5 Å². The Kier molecular flexibility index (Phi) is 6.14. The predicted octanol–water partition coefficient (Wildman–Crippen LogP) is -0.151. The van der Waals surface area contributed by atoms with Crippen LogP contribution in [0, 0.1) is 0 Å². The van der Waals surface area contributed by atoms with E-state index in [4.69, 9.17) is 9.66 Å². The molecule has 1 aromatic rings. The summed E-state index contributed by atoms with van der Waals surface area (Å²) in [6.07, 6.45) is 6.05. The van der Waals surface area contributed by atoms with Crippen molar-refractivity contribution in [3.63, 3.8) is 0 Å². The number of aryl methyl sites for hydroxylation is 2. The minimum Gasteiger partial charge on any atom is -0.396 e. The largest absolute Gasteiger partial charge is 0.396 e. The van der Waals surface area contributed by atoms with Gasteiger partial charge in [0, 0.05) is 32.5 Å². The molecule has 0 aliphatic heterocycles. The summed E-state index contributed by atoms with van der Waals surface area (Å²) in [6, 6.07) is 0. The third-order valence-corrected chi connectivity index (χ3v) is 1.48. The quantitative estimate of drug-likeness (QED) is 0.712. The first-order valence-corrected chi connectivity index (χ1v) is 6.19. The van der Waals surface area contributed by atoms with E-state index in [1.54, 1.807) is 6.20 Å². The second-order valence-electron chi connectivity index (χ2n) is 3.01. The van der Waals surface area contributed by atoms with E-state index in [1.807, 2.05) is 17.8 Å². The monoisotopic (exact) mass is 236 g/mol. The van der Waals surface area contributed by atoms with E-state index in [-0.39, 0.29) is 6.61 Å². The highest BCUT2D eigenvalue weighted by Gasteiger charge is 1.96. The lowest BCUT2D eigenvalue weighted by Crippen LogP contribution is -1.98. The number of nitrogens with zero attached hydrogens (tertiary/aromatic N) is 2. The van der Waals surface area contributed by atoms with Gasteiger partial charge < -0.3 is 9.67 Å². The van der Waals surface area contributed by atoms with Gasteiger partial charge in [-0.05, 0) is 6.42 Å². The van der Waals surface area contributed by atoms with Crippen LogP contribution >= 0.6 is 0 Å². The van der Waals surface area contributed by atoms with Gasteiger partial charge in [-0.1, -0.05) is 0 Å². The van der Waals surface area contributed by atoms with E-state index in [1.165, 1.54) is 0 Å². The number of imidazole rings is 1. The Bertz CT molecular complexity index is 364. The van der Waals surface area contributed by atoms with Crippen LogP contribution in [0.15, 0.2) is 12.4 Å². The molecule has 0 aromatic carbocycles. The van der Waals surface area contributed by atoms with Gasteiger partial charge in [-0.15, -0.1) is 0 Å². The summed E-state index contributed by atoms with van der Waals surface area (Å²) < 4.78 is 27.8. The van der Waals surface area contributed by atoms with Crippen LogP contribution in [0.4, 0.5) is 0 Å². The molecule has 0 saturated heterocycles. The van der Waals surface area contributed by atoms with Crippen molar-refractivity contribution in [3.8, 4) is 0 Å².